The Morgan fingerprint density at radius 1 is 1.25 bits per heavy atom. The molecule has 0 saturated heterocycles. The summed E-state index contributed by atoms with van der Waals surface area (Å²) < 4.78 is 2.26. The van der Waals surface area contributed by atoms with Crippen LogP contribution in [0.3, 0.4) is 0 Å². The van der Waals surface area contributed by atoms with Crippen LogP contribution >= 0.6 is 0 Å². The van der Waals surface area contributed by atoms with Gasteiger partial charge in [-0.15, -0.1) is 0 Å². The van der Waals surface area contributed by atoms with Gasteiger partial charge in [-0.2, -0.15) is 0 Å². The number of aryl methyl sites for hydroxylation is 1. The molecule has 1 heterocycles. The Morgan fingerprint density at radius 3 is 2.60 bits per heavy atom. The van der Waals surface area contributed by atoms with Gasteiger partial charge in [0.15, 0.2) is 0 Å². The first-order valence-electron chi connectivity index (χ1n) is 7.38. The standard InChI is InChI=1S/C16H20N2O2/c1-11-17-14-9-8-12(16(19)20)10-15(14)18(11)13-6-4-2-3-5-7-13/h8-10,13H,2-7H2,1H3,(H,19,20). The van der Waals surface area contributed by atoms with E-state index in [1.807, 2.05) is 13.0 Å². The van der Waals surface area contributed by atoms with Crippen LogP contribution in [-0.4, -0.2) is 20.6 Å². The van der Waals surface area contributed by atoms with E-state index in [1.165, 1.54) is 38.5 Å². The molecule has 1 saturated carbocycles. The van der Waals surface area contributed by atoms with Crippen molar-refractivity contribution >= 4 is 17.0 Å². The summed E-state index contributed by atoms with van der Waals surface area (Å²) in [7, 11) is 0. The van der Waals surface area contributed by atoms with E-state index in [4.69, 9.17) is 5.11 Å². The van der Waals surface area contributed by atoms with E-state index in [9.17, 15) is 4.79 Å². The van der Waals surface area contributed by atoms with Gasteiger partial charge in [0.05, 0.1) is 16.6 Å². The molecule has 0 unspecified atom stereocenters. The molecule has 1 aliphatic carbocycles. The Hall–Kier alpha value is -1.84. The zero-order chi connectivity index (χ0) is 14.1. The number of carboxylic acids is 1. The SMILES string of the molecule is Cc1nc2ccc(C(=O)O)cc2n1C1CCCCCC1. The van der Waals surface area contributed by atoms with Crippen LogP contribution in [-0.2, 0) is 0 Å². The van der Waals surface area contributed by atoms with Crippen molar-refractivity contribution in [2.24, 2.45) is 0 Å². The van der Waals surface area contributed by atoms with Crippen LogP contribution in [0.1, 0.15) is 60.7 Å². The van der Waals surface area contributed by atoms with Crippen molar-refractivity contribution in [2.45, 2.75) is 51.5 Å². The van der Waals surface area contributed by atoms with Gasteiger partial charge in [0.25, 0.3) is 0 Å². The first-order valence-corrected chi connectivity index (χ1v) is 7.38. The first kappa shape index (κ1) is 13.2. The summed E-state index contributed by atoms with van der Waals surface area (Å²) in [5.74, 6) is 0.118. The summed E-state index contributed by atoms with van der Waals surface area (Å²) in [6, 6.07) is 5.68. The number of imidazole rings is 1. The van der Waals surface area contributed by atoms with E-state index < -0.39 is 5.97 Å². The lowest BCUT2D eigenvalue weighted by molar-refractivity contribution is 0.0697. The quantitative estimate of drug-likeness (QED) is 0.842. The molecule has 4 heteroatoms. The molecule has 0 bridgehead atoms. The maximum atomic E-state index is 11.2. The summed E-state index contributed by atoms with van der Waals surface area (Å²) in [6.07, 6.45) is 7.46. The largest absolute Gasteiger partial charge is 0.478 e. The zero-order valence-corrected chi connectivity index (χ0v) is 11.8. The van der Waals surface area contributed by atoms with Gasteiger partial charge in [-0.25, -0.2) is 9.78 Å². The highest BCUT2D eigenvalue weighted by atomic mass is 16.4. The van der Waals surface area contributed by atoms with Crippen molar-refractivity contribution in [2.75, 3.05) is 0 Å². The lowest BCUT2D eigenvalue weighted by Gasteiger charge is -2.19. The summed E-state index contributed by atoms with van der Waals surface area (Å²) in [6.45, 7) is 2.02. The first-order chi connectivity index (χ1) is 9.66. The maximum Gasteiger partial charge on any atom is 0.335 e. The number of carbonyl (C=O) groups is 1. The number of hydrogen-bond acceptors (Lipinski definition) is 2. The highest BCUT2D eigenvalue weighted by Gasteiger charge is 2.19. The molecule has 0 amide bonds. The molecule has 0 radical (unpaired) electrons. The second-order valence-electron chi connectivity index (χ2n) is 5.68. The highest BCUT2D eigenvalue weighted by molar-refractivity contribution is 5.92. The lowest BCUT2D eigenvalue weighted by atomic mass is 10.1. The fourth-order valence-electron chi connectivity index (χ4n) is 3.32. The molecular formula is C16H20N2O2. The van der Waals surface area contributed by atoms with Crippen molar-refractivity contribution in [3.63, 3.8) is 0 Å². The number of carboxylic acid groups (broad SMARTS) is 1. The Balaban J connectivity index is 2.10. The van der Waals surface area contributed by atoms with E-state index in [-0.39, 0.29) is 0 Å². The fraction of sp³-hybridized carbons (Fsp3) is 0.500. The van der Waals surface area contributed by atoms with Crippen LogP contribution in [0.2, 0.25) is 0 Å². The van der Waals surface area contributed by atoms with Gasteiger partial charge in [-0.1, -0.05) is 25.7 Å². The fourth-order valence-corrected chi connectivity index (χ4v) is 3.32. The van der Waals surface area contributed by atoms with Crippen molar-refractivity contribution in [3.05, 3.63) is 29.6 Å². The number of fused-ring (bicyclic) bond motifs is 1. The number of rotatable bonds is 2. The predicted octanol–water partition coefficient (Wildman–Crippen LogP) is 3.94. The summed E-state index contributed by atoms with van der Waals surface area (Å²) in [5.41, 5.74) is 2.21. The minimum absolute atomic E-state index is 0.340. The molecule has 0 atom stereocenters. The molecule has 106 valence electrons. The molecule has 3 rings (SSSR count). The number of nitrogens with zero attached hydrogens (tertiary/aromatic N) is 2. The summed E-state index contributed by atoms with van der Waals surface area (Å²) >= 11 is 0. The maximum absolute atomic E-state index is 11.2. The lowest BCUT2D eigenvalue weighted by Crippen LogP contribution is -2.10. The van der Waals surface area contributed by atoms with Crippen LogP contribution in [0, 0.1) is 6.92 Å². The molecule has 1 N–H and O–H groups in total. The second-order valence-corrected chi connectivity index (χ2v) is 5.68. The minimum Gasteiger partial charge on any atom is -0.478 e. The topological polar surface area (TPSA) is 55.1 Å². The Labute approximate surface area is 118 Å². The number of benzene rings is 1. The smallest absolute Gasteiger partial charge is 0.335 e. The Morgan fingerprint density at radius 2 is 1.95 bits per heavy atom. The van der Waals surface area contributed by atoms with Crippen molar-refractivity contribution in [3.8, 4) is 0 Å². The zero-order valence-electron chi connectivity index (χ0n) is 11.8. The monoisotopic (exact) mass is 272 g/mol. The number of aromatic carboxylic acids is 1. The van der Waals surface area contributed by atoms with Gasteiger partial charge < -0.3 is 9.67 Å². The molecule has 1 aliphatic rings. The minimum atomic E-state index is -0.877. The molecular weight excluding hydrogens is 252 g/mol. The normalized spacial score (nSPS) is 17.2. The van der Waals surface area contributed by atoms with E-state index >= 15 is 0 Å². The van der Waals surface area contributed by atoms with E-state index in [0.717, 1.165) is 16.9 Å². The van der Waals surface area contributed by atoms with Crippen LogP contribution in [0.5, 0.6) is 0 Å². The van der Waals surface area contributed by atoms with Gasteiger partial charge in [0.1, 0.15) is 5.82 Å². The van der Waals surface area contributed by atoms with Gasteiger partial charge in [0, 0.05) is 6.04 Å². The molecule has 0 spiro atoms. The van der Waals surface area contributed by atoms with Crippen LogP contribution in [0.25, 0.3) is 11.0 Å². The molecule has 1 aromatic carbocycles. The average molecular weight is 272 g/mol. The van der Waals surface area contributed by atoms with Crippen molar-refractivity contribution in [1.29, 1.82) is 0 Å². The molecule has 1 aromatic heterocycles. The van der Waals surface area contributed by atoms with E-state index in [1.54, 1.807) is 12.1 Å². The molecule has 0 aliphatic heterocycles. The van der Waals surface area contributed by atoms with E-state index in [2.05, 4.69) is 9.55 Å². The van der Waals surface area contributed by atoms with Gasteiger partial charge in [-0.05, 0) is 38.0 Å². The van der Waals surface area contributed by atoms with Gasteiger partial charge in [0.2, 0.25) is 0 Å². The third-order valence-corrected chi connectivity index (χ3v) is 4.30. The van der Waals surface area contributed by atoms with E-state index in [0.29, 0.717) is 11.6 Å². The third kappa shape index (κ3) is 2.30. The predicted molar refractivity (Wildman–Crippen MR) is 78.2 cm³/mol. The summed E-state index contributed by atoms with van der Waals surface area (Å²) in [4.78, 5) is 15.8. The highest BCUT2D eigenvalue weighted by Crippen LogP contribution is 2.31. The second kappa shape index (κ2) is 5.27. The van der Waals surface area contributed by atoms with Gasteiger partial charge >= 0.3 is 5.97 Å². The van der Waals surface area contributed by atoms with Gasteiger partial charge in [-0.3, -0.25) is 0 Å². The number of aromatic nitrogens is 2. The van der Waals surface area contributed by atoms with Crippen LogP contribution in [0.4, 0.5) is 0 Å². The number of hydrogen-bond donors (Lipinski definition) is 1. The molecule has 20 heavy (non-hydrogen) atoms. The Bertz CT molecular complexity index is 637. The average Bonchev–Trinajstić information content (AvgIpc) is 2.61. The molecule has 1 fully saturated rings. The van der Waals surface area contributed by atoms with Crippen LogP contribution in [0.15, 0.2) is 18.2 Å². The van der Waals surface area contributed by atoms with Crippen molar-refractivity contribution < 1.29 is 9.90 Å². The summed E-state index contributed by atoms with van der Waals surface area (Å²) in [5, 5.41) is 9.17. The van der Waals surface area contributed by atoms with Crippen molar-refractivity contribution in [1.82, 2.24) is 9.55 Å². The molecule has 2 aromatic rings. The Kier molecular flexibility index (Phi) is 3.47. The van der Waals surface area contributed by atoms with Crippen LogP contribution < -0.4 is 0 Å². The third-order valence-electron chi connectivity index (χ3n) is 4.30. The molecule has 4 nitrogen and oxygen atoms in total.